The van der Waals surface area contributed by atoms with Gasteiger partial charge in [-0.3, -0.25) is 14.5 Å². The Labute approximate surface area is 174 Å². The van der Waals surface area contributed by atoms with Gasteiger partial charge in [-0.2, -0.15) is 13.2 Å². The molecule has 1 aromatic rings. The predicted molar refractivity (Wildman–Crippen MR) is 106 cm³/mol. The molecule has 0 aromatic heterocycles. The van der Waals surface area contributed by atoms with Crippen molar-refractivity contribution in [1.82, 2.24) is 14.7 Å². The van der Waals surface area contributed by atoms with Crippen LogP contribution in [-0.4, -0.2) is 78.0 Å². The van der Waals surface area contributed by atoms with Gasteiger partial charge in [0.25, 0.3) is 5.91 Å². The van der Waals surface area contributed by atoms with Crippen LogP contribution in [0.15, 0.2) is 24.3 Å². The van der Waals surface area contributed by atoms with Crippen LogP contribution in [0.1, 0.15) is 53.9 Å². The van der Waals surface area contributed by atoms with Crippen molar-refractivity contribution >= 4 is 11.8 Å². The van der Waals surface area contributed by atoms with E-state index in [1.807, 2.05) is 12.1 Å². The first kappa shape index (κ1) is 21.2. The van der Waals surface area contributed by atoms with Crippen LogP contribution >= 0.6 is 0 Å². The van der Waals surface area contributed by atoms with Crippen LogP contribution in [0.3, 0.4) is 0 Å². The highest BCUT2D eigenvalue weighted by Gasteiger charge is 2.44. The van der Waals surface area contributed by atoms with Gasteiger partial charge in [0, 0.05) is 50.9 Å². The molecule has 30 heavy (non-hydrogen) atoms. The molecule has 0 unspecified atom stereocenters. The van der Waals surface area contributed by atoms with Gasteiger partial charge >= 0.3 is 12.1 Å². The smallest absolute Gasteiger partial charge is 0.335 e. The molecule has 4 rings (SSSR count). The second kappa shape index (κ2) is 8.57. The van der Waals surface area contributed by atoms with Gasteiger partial charge in [0.1, 0.15) is 0 Å². The van der Waals surface area contributed by atoms with Crippen LogP contribution in [0.4, 0.5) is 13.2 Å². The average molecular weight is 423 g/mol. The monoisotopic (exact) mass is 423 g/mol. The van der Waals surface area contributed by atoms with Crippen molar-refractivity contribution in [3.63, 3.8) is 0 Å². The Bertz CT molecular complexity index is 761. The third-order valence-electron chi connectivity index (χ3n) is 6.74. The minimum Gasteiger partial charge on any atom is -0.335 e. The molecule has 2 heterocycles. The number of carbonyl (C=O) groups excluding carboxylic acids is 2. The van der Waals surface area contributed by atoms with Crippen molar-refractivity contribution in [3.05, 3.63) is 35.4 Å². The lowest BCUT2D eigenvalue weighted by atomic mass is 9.84. The third kappa shape index (κ3) is 4.48. The lowest BCUT2D eigenvalue weighted by molar-refractivity contribution is -0.187. The fourth-order valence-electron chi connectivity index (χ4n) is 4.84. The Morgan fingerprint density at radius 1 is 0.833 bits per heavy atom. The summed E-state index contributed by atoms with van der Waals surface area (Å²) >= 11 is 0. The Hall–Kier alpha value is -2.09. The van der Waals surface area contributed by atoms with Crippen molar-refractivity contribution in [2.45, 2.75) is 50.2 Å². The van der Waals surface area contributed by atoms with Crippen LogP contribution in [0.2, 0.25) is 0 Å². The molecule has 3 fully saturated rings. The van der Waals surface area contributed by atoms with E-state index in [0.717, 1.165) is 4.90 Å². The highest BCUT2D eigenvalue weighted by atomic mass is 19.4. The summed E-state index contributed by atoms with van der Waals surface area (Å²) in [5, 5.41) is 0. The summed E-state index contributed by atoms with van der Waals surface area (Å²) in [6, 6.07) is 8.15. The number of benzene rings is 1. The number of likely N-dealkylation sites (tertiary alicyclic amines) is 1. The molecular weight excluding hydrogens is 395 g/mol. The largest absolute Gasteiger partial charge is 0.471 e. The standard InChI is InChI=1S/C22H28F3N3O2/c23-22(24,25)21(30)27-12-10-26(11-13-27)19-14-28(15-19)20(29)18-8-6-17(7-9-18)16-4-2-1-3-5-16/h6-9,16,19H,1-5,10-15H2. The lowest BCUT2D eigenvalue weighted by Gasteiger charge is -2.48. The number of carbonyl (C=O) groups is 2. The summed E-state index contributed by atoms with van der Waals surface area (Å²) in [4.78, 5) is 28.8. The van der Waals surface area contributed by atoms with E-state index in [2.05, 4.69) is 17.0 Å². The zero-order valence-corrected chi connectivity index (χ0v) is 17.0. The summed E-state index contributed by atoms with van der Waals surface area (Å²) in [6.07, 6.45) is 1.51. The second-order valence-electron chi connectivity index (χ2n) is 8.65. The van der Waals surface area contributed by atoms with E-state index in [1.165, 1.54) is 37.7 Å². The zero-order chi connectivity index (χ0) is 21.3. The van der Waals surface area contributed by atoms with Gasteiger partial charge in [0.15, 0.2) is 0 Å². The molecular formula is C22H28F3N3O2. The van der Waals surface area contributed by atoms with Gasteiger partial charge in [-0.15, -0.1) is 0 Å². The molecule has 2 saturated heterocycles. The van der Waals surface area contributed by atoms with Gasteiger partial charge < -0.3 is 9.80 Å². The number of amides is 2. The molecule has 1 saturated carbocycles. The van der Waals surface area contributed by atoms with Crippen molar-refractivity contribution in [1.29, 1.82) is 0 Å². The molecule has 0 bridgehead atoms. The van der Waals surface area contributed by atoms with E-state index >= 15 is 0 Å². The number of rotatable bonds is 3. The number of hydrogen-bond acceptors (Lipinski definition) is 3. The molecule has 0 atom stereocenters. The normalized spacial score (nSPS) is 22.1. The molecule has 8 heteroatoms. The zero-order valence-electron chi connectivity index (χ0n) is 17.0. The molecule has 3 aliphatic rings. The number of alkyl halides is 3. The van der Waals surface area contributed by atoms with E-state index in [9.17, 15) is 22.8 Å². The molecule has 0 N–H and O–H groups in total. The van der Waals surface area contributed by atoms with Crippen LogP contribution in [0, 0.1) is 0 Å². The number of halogens is 3. The Morgan fingerprint density at radius 2 is 1.43 bits per heavy atom. The first-order valence-corrected chi connectivity index (χ1v) is 10.8. The molecule has 0 radical (unpaired) electrons. The van der Waals surface area contributed by atoms with E-state index in [-0.39, 0.29) is 25.0 Å². The van der Waals surface area contributed by atoms with Crippen molar-refractivity contribution < 1.29 is 22.8 Å². The van der Waals surface area contributed by atoms with Crippen molar-refractivity contribution in [3.8, 4) is 0 Å². The Morgan fingerprint density at radius 3 is 2.00 bits per heavy atom. The maximum absolute atomic E-state index is 12.7. The summed E-state index contributed by atoms with van der Waals surface area (Å²) in [6.45, 7) is 2.12. The van der Waals surface area contributed by atoms with E-state index < -0.39 is 12.1 Å². The van der Waals surface area contributed by atoms with E-state index in [0.29, 0.717) is 37.7 Å². The SMILES string of the molecule is O=C(c1ccc(C2CCCCC2)cc1)N1CC(N2CCN(C(=O)C(F)(F)F)CC2)C1. The van der Waals surface area contributed by atoms with Gasteiger partial charge in [-0.25, -0.2) is 0 Å². The highest BCUT2D eigenvalue weighted by molar-refractivity contribution is 5.94. The maximum Gasteiger partial charge on any atom is 0.471 e. The highest BCUT2D eigenvalue weighted by Crippen LogP contribution is 2.33. The summed E-state index contributed by atoms with van der Waals surface area (Å²) < 4.78 is 37.6. The van der Waals surface area contributed by atoms with E-state index in [1.54, 1.807) is 4.90 Å². The van der Waals surface area contributed by atoms with Crippen molar-refractivity contribution in [2.24, 2.45) is 0 Å². The molecule has 0 spiro atoms. The molecule has 5 nitrogen and oxygen atoms in total. The maximum atomic E-state index is 12.7. The molecule has 1 aliphatic carbocycles. The third-order valence-corrected chi connectivity index (χ3v) is 6.74. The Balaban J connectivity index is 1.24. The van der Waals surface area contributed by atoms with Gasteiger partial charge in [-0.1, -0.05) is 31.4 Å². The molecule has 164 valence electrons. The van der Waals surface area contributed by atoms with E-state index in [4.69, 9.17) is 0 Å². The number of nitrogens with zero attached hydrogens (tertiary/aromatic N) is 3. The van der Waals surface area contributed by atoms with Crippen LogP contribution in [-0.2, 0) is 4.79 Å². The van der Waals surface area contributed by atoms with Crippen LogP contribution in [0.5, 0.6) is 0 Å². The average Bonchev–Trinajstić information content (AvgIpc) is 2.73. The minimum atomic E-state index is -4.81. The van der Waals surface area contributed by atoms with Gasteiger partial charge in [-0.05, 0) is 36.5 Å². The molecule has 2 aliphatic heterocycles. The van der Waals surface area contributed by atoms with Crippen LogP contribution < -0.4 is 0 Å². The fraction of sp³-hybridized carbons (Fsp3) is 0.636. The minimum absolute atomic E-state index is 0.00679. The number of hydrogen-bond donors (Lipinski definition) is 0. The first-order chi connectivity index (χ1) is 14.3. The molecule has 2 amide bonds. The predicted octanol–water partition coefficient (Wildman–Crippen LogP) is 3.27. The second-order valence-corrected chi connectivity index (χ2v) is 8.65. The summed E-state index contributed by atoms with van der Waals surface area (Å²) in [5.41, 5.74) is 2.01. The lowest BCUT2D eigenvalue weighted by Crippen LogP contribution is -2.65. The van der Waals surface area contributed by atoms with Crippen LogP contribution in [0.25, 0.3) is 0 Å². The van der Waals surface area contributed by atoms with Gasteiger partial charge in [0.05, 0.1) is 0 Å². The first-order valence-electron chi connectivity index (χ1n) is 10.8. The van der Waals surface area contributed by atoms with Crippen molar-refractivity contribution in [2.75, 3.05) is 39.3 Å². The van der Waals surface area contributed by atoms with Gasteiger partial charge in [0.2, 0.25) is 0 Å². The number of piperazine rings is 1. The fourth-order valence-corrected chi connectivity index (χ4v) is 4.84. The quantitative estimate of drug-likeness (QED) is 0.750. The molecule has 1 aromatic carbocycles. The Kier molecular flexibility index (Phi) is 6.04. The summed E-state index contributed by atoms with van der Waals surface area (Å²) in [7, 11) is 0. The topological polar surface area (TPSA) is 43.9 Å². The summed E-state index contributed by atoms with van der Waals surface area (Å²) in [5.74, 6) is -1.14.